The highest BCUT2D eigenvalue weighted by Crippen LogP contribution is 2.29. The molecule has 0 saturated heterocycles. The summed E-state index contributed by atoms with van der Waals surface area (Å²) in [6.45, 7) is 0.980. The highest BCUT2D eigenvalue weighted by atomic mass is 16.3. The molecular weight excluding hydrogens is 304 g/mol. The van der Waals surface area contributed by atoms with Crippen LogP contribution in [0.15, 0.2) is 74.9 Å². The normalized spacial score (nSPS) is 15.9. The third kappa shape index (κ3) is 2.65. The zero-order valence-corrected chi connectivity index (χ0v) is 13.0. The third-order valence-corrected chi connectivity index (χ3v) is 4.12. The standard InChI is InChI=1S/C19H16N2O3/c22-19(18-8-4-10-24-18)21(13-15-6-3-9-23-15)17-12-20-11-14-5-1-2-7-16(14)17/h1-10,12,17H,11,13H2. The second kappa shape index (κ2) is 6.20. The summed E-state index contributed by atoms with van der Waals surface area (Å²) in [5.74, 6) is 0.828. The topological polar surface area (TPSA) is 59.0 Å². The Morgan fingerprint density at radius 2 is 1.92 bits per heavy atom. The Labute approximate surface area is 139 Å². The van der Waals surface area contributed by atoms with Gasteiger partial charge in [-0.1, -0.05) is 24.3 Å². The lowest BCUT2D eigenvalue weighted by atomic mass is 9.97. The fourth-order valence-electron chi connectivity index (χ4n) is 2.95. The van der Waals surface area contributed by atoms with Gasteiger partial charge in [0.1, 0.15) is 5.76 Å². The van der Waals surface area contributed by atoms with Gasteiger partial charge >= 0.3 is 0 Å². The fourth-order valence-corrected chi connectivity index (χ4v) is 2.95. The quantitative estimate of drug-likeness (QED) is 0.734. The van der Waals surface area contributed by atoms with Crippen LogP contribution in [0.25, 0.3) is 0 Å². The second-order valence-electron chi connectivity index (χ2n) is 5.62. The first-order valence-corrected chi connectivity index (χ1v) is 7.77. The van der Waals surface area contributed by atoms with Crippen LogP contribution in [-0.4, -0.2) is 17.0 Å². The maximum absolute atomic E-state index is 13.0. The van der Waals surface area contributed by atoms with Crippen molar-refractivity contribution < 1.29 is 13.6 Å². The van der Waals surface area contributed by atoms with Crippen LogP contribution in [0.5, 0.6) is 0 Å². The number of hydrogen-bond acceptors (Lipinski definition) is 4. The maximum atomic E-state index is 13.0. The van der Waals surface area contributed by atoms with E-state index in [9.17, 15) is 4.79 Å². The van der Waals surface area contributed by atoms with Crippen LogP contribution in [-0.2, 0) is 13.1 Å². The van der Waals surface area contributed by atoms with Gasteiger partial charge in [-0.25, -0.2) is 0 Å². The SMILES string of the molecule is O=C(c1ccco1)N(Cc1ccco1)C1C=NCc2ccccc21. The van der Waals surface area contributed by atoms with E-state index < -0.39 is 0 Å². The van der Waals surface area contributed by atoms with Crippen molar-refractivity contribution in [3.8, 4) is 0 Å². The molecular formula is C19H16N2O3. The number of hydrogen-bond donors (Lipinski definition) is 0. The Balaban J connectivity index is 1.73. The van der Waals surface area contributed by atoms with E-state index in [1.54, 1.807) is 23.3 Å². The molecule has 0 radical (unpaired) electrons. The summed E-state index contributed by atoms with van der Waals surface area (Å²) < 4.78 is 10.7. The molecule has 1 aliphatic rings. The lowest BCUT2D eigenvalue weighted by Gasteiger charge is -2.31. The van der Waals surface area contributed by atoms with Gasteiger partial charge in [0.05, 0.1) is 31.7 Å². The molecule has 0 saturated carbocycles. The van der Waals surface area contributed by atoms with Crippen LogP contribution < -0.4 is 0 Å². The molecule has 5 nitrogen and oxygen atoms in total. The van der Waals surface area contributed by atoms with E-state index in [2.05, 4.69) is 4.99 Å². The molecule has 3 heterocycles. The van der Waals surface area contributed by atoms with Gasteiger partial charge in [-0.05, 0) is 35.4 Å². The molecule has 1 amide bonds. The summed E-state index contributed by atoms with van der Waals surface area (Å²) in [5, 5.41) is 0. The van der Waals surface area contributed by atoms with Gasteiger partial charge in [0.15, 0.2) is 5.76 Å². The lowest BCUT2D eigenvalue weighted by Crippen LogP contribution is -2.36. The van der Waals surface area contributed by atoms with E-state index in [0.717, 1.165) is 11.1 Å². The first-order chi connectivity index (χ1) is 11.8. The highest BCUT2D eigenvalue weighted by Gasteiger charge is 2.30. The Bertz CT molecular complexity index is 851. The van der Waals surface area contributed by atoms with Gasteiger partial charge in [0, 0.05) is 6.21 Å². The summed E-state index contributed by atoms with van der Waals surface area (Å²) in [5.41, 5.74) is 2.21. The molecule has 0 aliphatic carbocycles. The number of nitrogens with zero attached hydrogens (tertiary/aromatic N) is 2. The van der Waals surface area contributed by atoms with Crippen molar-refractivity contribution in [2.45, 2.75) is 19.1 Å². The zero-order valence-electron chi connectivity index (χ0n) is 13.0. The van der Waals surface area contributed by atoms with Crippen LogP contribution in [0.1, 0.15) is 33.5 Å². The molecule has 1 aliphatic heterocycles. The largest absolute Gasteiger partial charge is 0.467 e. The second-order valence-corrected chi connectivity index (χ2v) is 5.62. The minimum Gasteiger partial charge on any atom is -0.467 e. The minimum absolute atomic E-state index is 0.190. The molecule has 3 aromatic rings. The van der Waals surface area contributed by atoms with E-state index in [1.807, 2.05) is 42.6 Å². The van der Waals surface area contributed by atoms with E-state index in [0.29, 0.717) is 24.6 Å². The molecule has 2 aromatic heterocycles. The molecule has 0 bridgehead atoms. The molecule has 1 unspecified atom stereocenters. The van der Waals surface area contributed by atoms with Crippen molar-refractivity contribution in [3.63, 3.8) is 0 Å². The number of furan rings is 2. The average molecular weight is 320 g/mol. The molecule has 24 heavy (non-hydrogen) atoms. The Morgan fingerprint density at radius 1 is 1.08 bits per heavy atom. The van der Waals surface area contributed by atoms with Crippen molar-refractivity contribution in [3.05, 3.63) is 83.7 Å². The lowest BCUT2D eigenvalue weighted by molar-refractivity contribution is 0.0665. The number of carbonyl (C=O) groups excluding carboxylic acids is 1. The first kappa shape index (κ1) is 14.5. The summed E-state index contributed by atoms with van der Waals surface area (Å²) in [4.78, 5) is 19.1. The minimum atomic E-state index is -0.252. The Morgan fingerprint density at radius 3 is 2.71 bits per heavy atom. The molecule has 1 aromatic carbocycles. The van der Waals surface area contributed by atoms with Crippen molar-refractivity contribution in [2.24, 2.45) is 4.99 Å². The number of rotatable bonds is 4. The predicted molar refractivity (Wildman–Crippen MR) is 88.7 cm³/mol. The van der Waals surface area contributed by atoms with E-state index in [4.69, 9.17) is 8.83 Å². The predicted octanol–water partition coefficient (Wildman–Crippen LogP) is 3.84. The number of carbonyl (C=O) groups is 1. The van der Waals surface area contributed by atoms with Crippen LogP contribution in [0.2, 0.25) is 0 Å². The van der Waals surface area contributed by atoms with Crippen LogP contribution >= 0.6 is 0 Å². The number of amides is 1. The van der Waals surface area contributed by atoms with Gasteiger partial charge in [-0.3, -0.25) is 9.79 Å². The highest BCUT2D eigenvalue weighted by molar-refractivity contribution is 5.93. The van der Waals surface area contributed by atoms with Gasteiger partial charge in [0.25, 0.3) is 5.91 Å². The molecule has 0 fully saturated rings. The van der Waals surface area contributed by atoms with Crippen LogP contribution in [0, 0.1) is 0 Å². The van der Waals surface area contributed by atoms with Crippen molar-refractivity contribution in [1.29, 1.82) is 0 Å². The van der Waals surface area contributed by atoms with Crippen molar-refractivity contribution in [2.75, 3.05) is 0 Å². The molecule has 120 valence electrons. The van der Waals surface area contributed by atoms with Gasteiger partial charge in [-0.15, -0.1) is 0 Å². The number of aliphatic imine (C=N–C) groups is 1. The van der Waals surface area contributed by atoms with Gasteiger partial charge in [-0.2, -0.15) is 0 Å². The fraction of sp³-hybridized carbons (Fsp3) is 0.158. The Kier molecular flexibility index (Phi) is 3.75. The van der Waals surface area contributed by atoms with E-state index in [-0.39, 0.29) is 11.9 Å². The molecule has 4 rings (SSSR count). The van der Waals surface area contributed by atoms with Crippen molar-refractivity contribution >= 4 is 12.1 Å². The summed E-state index contributed by atoms with van der Waals surface area (Å²) in [6, 6.07) is 14.8. The average Bonchev–Trinajstić information content (AvgIpc) is 3.32. The van der Waals surface area contributed by atoms with E-state index >= 15 is 0 Å². The van der Waals surface area contributed by atoms with Gasteiger partial charge < -0.3 is 13.7 Å². The molecule has 0 N–H and O–H groups in total. The van der Waals surface area contributed by atoms with Crippen LogP contribution in [0.4, 0.5) is 0 Å². The first-order valence-electron chi connectivity index (χ1n) is 7.77. The smallest absolute Gasteiger partial charge is 0.290 e. The van der Waals surface area contributed by atoms with Crippen LogP contribution in [0.3, 0.4) is 0 Å². The third-order valence-electron chi connectivity index (χ3n) is 4.12. The van der Waals surface area contributed by atoms with Gasteiger partial charge in [0.2, 0.25) is 0 Å². The summed E-state index contributed by atoms with van der Waals surface area (Å²) >= 11 is 0. The molecule has 5 heteroatoms. The monoisotopic (exact) mass is 320 g/mol. The molecule has 1 atom stereocenters. The number of benzene rings is 1. The summed E-state index contributed by atoms with van der Waals surface area (Å²) in [7, 11) is 0. The maximum Gasteiger partial charge on any atom is 0.290 e. The zero-order chi connectivity index (χ0) is 16.4. The number of fused-ring (bicyclic) bond motifs is 1. The Hall–Kier alpha value is -3.08. The molecule has 0 spiro atoms. The summed E-state index contributed by atoms with van der Waals surface area (Å²) in [6.07, 6.45) is 4.93. The van der Waals surface area contributed by atoms with Crippen molar-refractivity contribution in [1.82, 2.24) is 4.90 Å². The van der Waals surface area contributed by atoms with E-state index in [1.165, 1.54) is 6.26 Å².